The van der Waals surface area contributed by atoms with Gasteiger partial charge in [0.2, 0.25) is 0 Å². The Balaban J connectivity index is 2.06. The average Bonchev–Trinajstić information content (AvgIpc) is 2.70. The monoisotopic (exact) mass is 346 g/mol. The van der Waals surface area contributed by atoms with Crippen LogP contribution in [0.2, 0.25) is 0 Å². The topological polar surface area (TPSA) is 44.5 Å². The highest BCUT2D eigenvalue weighted by Gasteiger charge is 2.28. The van der Waals surface area contributed by atoms with Crippen LogP contribution in [0.4, 0.5) is 0 Å². The molecule has 0 amide bonds. The van der Waals surface area contributed by atoms with Gasteiger partial charge in [0.15, 0.2) is 0 Å². The Hall–Kier alpha value is 0.0200. The Kier molecular flexibility index (Phi) is 5.80. The first-order chi connectivity index (χ1) is 9.10. The Labute approximate surface area is 128 Å². The summed E-state index contributed by atoms with van der Waals surface area (Å²) in [5.41, 5.74) is 3.03. The van der Waals surface area contributed by atoms with Crippen LogP contribution in [0.5, 0.6) is 0 Å². The summed E-state index contributed by atoms with van der Waals surface area (Å²) in [7, 11) is 4.40. The predicted octanol–water partition coefficient (Wildman–Crippen LogP) is 1.52. The van der Waals surface area contributed by atoms with Gasteiger partial charge in [-0.1, -0.05) is 0 Å². The summed E-state index contributed by atoms with van der Waals surface area (Å²) in [6.45, 7) is 3.38. The Morgan fingerprint density at radius 1 is 1.47 bits per heavy atom. The zero-order valence-corrected chi connectivity index (χ0v) is 14.0. The molecule has 3 N–H and O–H groups in total. The second-order valence-corrected chi connectivity index (χ2v) is 7.89. The molecule has 2 heterocycles. The van der Waals surface area contributed by atoms with Crippen LogP contribution in [0.3, 0.4) is 0 Å². The third kappa shape index (κ3) is 4.24. The highest BCUT2D eigenvalue weighted by molar-refractivity contribution is 9.11. The van der Waals surface area contributed by atoms with Gasteiger partial charge in [-0.25, -0.2) is 0 Å². The molecule has 0 aliphatic carbocycles. The number of hydrazine groups is 1. The van der Waals surface area contributed by atoms with Crippen LogP contribution in [0.15, 0.2) is 15.9 Å². The van der Waals surface area contributed by atoms with Crippen molar-refractivity contribution in [3.63, 3.8) is 0 Å². The van der Waals surface area contributed by atoms with E-state index in [2.05, 4.69) is 57.4 Å². The normalized spacial score (nSPS) is 24.3. The molecule has 0 radical (unpaired) electrons. The maximum atomic E-state index is 5.81. The smallest absolute Gasteiger partial charge is 0.0701 e. The van der Waals surface area contributed by atoms with Gasteiger partial charge in [0.1, 0.15) is 0 Å². The van der Waals surface area contributed by atoms with Crippen LogP contribution in [0.1, 0.15) is 11.3 Å². The first kappa shape index (κ1) is 15.4. The second-order valence-electron chi connectivity index (χ2n) is 5.35. The zero-order valence-electron chi connectivity index (χ0n) is 11.6. The van der Waals surface area contributed by atoms with Crippen LogP contribution in [0, 0.1) is 0 Å². The van der Waals surface area contributed by atoms with E-state index >= 15 is 0 Å². The summed E-state index contributed by atoms with van der Waals surface area (Å²) in [6, 6.07) is 5.03. The minimum atomic E-state index is 0.288. The fourth-order valence-corrected chi connectivity index (χ4v) is 4.27. The molecule has 1 aromatic rings. The number of likely N-dealkylation sites (N-methyl/N-ethyl adjacent to an activating group) is 2. The van der Waals surface area contributed by atoms with Crippen molar-refractivity contribution < 1.29 is 0 Å². The zero-order chi connectivity index (χ0) is 13.8. The largest absolute Gasteiger partial charge is 0.305 e. The molecule has 4 nitrogen and oxygen atoms in total. The molecule has 19 heavy (non-hydrogen) atoms. The van der Waals surface area contributed by atoms with E-state index in [0.717, 1.165) is 19.5 Å². The summed E-state index contributed by atoms with van der Waals surface area (Å²) in [5.74, 6) is 5.81. The number of hydrogen-bond acceptors (Lipinski definition) is 5. The number of nitrogens with one attached hydrogen (secondary N) is 1. The van der Waals surface area contributed by atoms with Crippen molar-refractivity contribution in [1.29, 1.82) is 0 Å². The minimum absolute atomic E-state index is 0.288. The highest BCUT2D eigenvalue weighted by Crippen LogP contribution is 2.24. The molecule has 1 saturated heterocycles. The van der Waals surface area contributed by atoms with Crippen LogP contribution in [-0.4, -0.2) is 55.6 Å². The van der Waals surface area contributed by atoms with E-state index in [1.165, 1.54) is 21.6 Å². The van der Waals surface area contributed by atoms with E-state index in [4.69, 9.17) is 5.84 Å². The van der Waals surface area contributed by atoms with Crippen molar-refractivity contribution in [3.8, 4) is 0 Å². The van der Waals surface area contributed by atoms with E-state index in [9.17, 15) is 0 Å². The number of nitrogens with zero attached hydrogens (tertiary/aromatic N) is 2. The molecular weight excluding hydrogens is 324 g/mol. The Morgan fingerprint density at radius 3 is 2.89 bits per heavy atom. The molecule has 1 fully saturated rings. The Morgan fingerprint density at radius 2 is 2.26 bits per heavy atom. The lowest BCUT2D eigenvalue weighted by Crippen LogP contribution is -2.55. The summed E-state index contributed by atoms with van der Waals surface area (Å²) < 4.78 is 1.18. The summed E-state index contributed by atoms with van der Waals surface area (Å²) >= 11 is 5.31. The second kappa shape index (κ2) is 7.15. The molecule has 1 aliphatic rings. The maximum absolute atomic E-state index is 5.81. The average molecular weight is 347 g/mol. The maximum Gasteiger partial charge on any atom is 0.0701 e. The first-order valence-electron chi connectivity index (χ1n) is 6.69. The van der Waals surface area contributed by atoms with Crippen LogP contribution in [0.25, 0.3) is 0 Å². The van der Waals surface area contributed by atoms with Gasteiger partial charge in [-0.2, -0.15) is 0 Å². The summed E-state index contributed by atoms with van der Waals surface area (Å²) in [4.78, 5) is 6.22. The molecule has 6 heteroatoms. The third-order valence-electron chi connectivity index (χ3n) is 3.84. The number of rotatable bonds is 4. The molecule has 0 saturated carbocycles. The molecule has 2 atom stereocenters. The van der Waals surface area contributed by atoms with Crippen molar-refractivity contribution >= 4 is 27.3 Å². The molecule has 108 valence electrons. The lowest BCUT2D eigenvalue weighted by Gasteiger charge is -2.34. The summed E-state index contributed by atoms with van der Waals surface area (Å²) in [5, 5.41) is 0. The van der Waals surface area contributed by atoms with Gasteiger partial charge in [0.25, 0.3) is 0 Å². The standard InChI is InChI=1S/C13H23BrN4S/c1-17-6-3-7-18(2)12(9-17)11(16-15)8-10-4-5-13(14)19-10/h4-5,11-12,16H,3,6-9,15H2,1-2H3. The van der Waals surface area contributed by atoms with E-state index in [1.54, 1.807) is 11.3 Å². The van der Waals surface area contributed by atoms with Gasteiger partial charge in [0.05, 0.1) is 3.79 Å². The minimum Gasteiger partial charge on any atom is -0.305 e. The molecule has 0 spiro atoms. The van der Waals surface area contributed by atoms with Gasteiger partial charge in [-0.05, 0) is 61.7 Å². The van der Waals surface area contributed by atoms with Gasteiger partial charge >= 0.3 is 0 Å². The van der Waals surface area contributed by atoms with E-state index < -0.39 is 0 Å². The fourth-order valence-electron chi connectivity index (χ4n) is 2.72. The van der Waals surface area contributed by atoms with Crippen LogP contribution >= 0.6 is 27.3 Å². The first-order valence-corrected chi connectivity index (χ1v) is 8.30. The Bertz CT molecular complexity index is 398. The lowest BCUT2D eigenvalue weighted by atomic mass is 10.0. The van der Waals surface area contributed by atoms with Crippen molar-refractivity contribution in [1.82, 2.24) is 15.2 Å². The molecule has 1 aromatic heterocycles. The number of nitrogens with two attached hydrogens (primary N) is 1. The predicted molar refractivity (Wildman–Crippen MR) is 85.4 cm³/mol. The van der Waals surface area contributed by atoms with E-state index in [-0.39, 0.29) is 6.04 Å². The van der Waals surface area contributed by atoms with Crippen LogP contribution < -0.4 is 11.3 Å². The van der Waals surface area contributed by atoms with Crippen molar-refractivity contribution in [2.24, 2.45) is 5.84 Å². The number of thiophene rings is 1. The summed E-state index contributed by atoms with van der Waals surface area (Å²) in [6.07, 6.45) is 2.21. The number of halogens is 1. The van der Waals surface area contributed by atoms with Crippen molar-refractivity contribution in [2.75, 3.05) is 33.7 Å². The van der Waals surface area contributed by atoms with Gasteiger partial charge in [0, 0.05) is 29.9 Å². The van der Waals surface area contributed by atoms with Gasteiger partial charge in [-0.3, -0.25) is 11.3 Å². The molecule has 2 rings (SSSR count). The quantitative estimate of drug-likeness (QED) is 0.640. The molecular formula is C13H23BrN4S. The fraction of sp³-hybridized carbons (Fsp3) is 0.692. The SMILES string of the molecule is CN1CCCN(C)C(C(Cc2ccc(Br)s2)NN)C1. The number of hydrogen-bond donors (Lipinski definition) is 2. The lowest BCUT2D eigenvalue weighted by molar-refractivity contribution is 0.177. The molecule has 2 unspecified atom stereocenters. The van der Waals surface area contributed by atoms with E-state index in [0.29, 0.717) is 6.04 Å². The van der Waals surface area contributed by atoms with Crippen molar-refractivity contribution in [2.45, 2.75) is 24.9 Å². The molecule has 1 aliphatic heterocycles. The van der Waals surface area contributed by atoms with Crippen molar-refractivity contribution in [3.05, 3.63) is 20.8 Å². The van der Waals surface area contributed by atoms with Crippen LogP contribution in [-0.2, 0) is 6.42 Å². The molecule has 0 aromatic carbocycles. The molecule has 0 bridgehead atoms. The third-order valence-corrected chi connectivity index (χ3v) is 5.49. The van der Waals surface area contributed by atoms with Gasteiger partial charge in [-0.15, -0.1) is 11.3 Å². The van der Waals surface area contributed by atoms with Gasteiger partial charge < -0.3 is 9.80 Å². The van der Waals surface area contributed by atoms with E-state index in [1.807, 2.05) is 0 Å². The highest BCUT2D eigenvalue weighted by atomic mass is 79.9.